The fourth-order valence-electron chi connectivity index (χ4n) is 5.15. The summed E-state index contributed by atoms with van der Waals surface area (Å²) in [5.74, 6) is -0.411. The third-order valence-electron chi connectivity index (χ3n) is 7.13. The summed E-state index contributed by atoms with van der Waals surface area (Å²) in [6, 6.07) is 6.90. The second-order valence-corrected chi connectivity index (χ2v) is 9.81. The molecule has 3 aromatic rings. The van der Waals surface area contributed by atoms with E-state index < -0.39 is 40.9 Å². The summed E-state index contributed by atoms with van der Waals surface area (Å²) in [5, 5.41) is -0.402. The molecule has 0 unspecified atom stereocenters. The first-order valence-electron chi connectivity index (χ1n) is 12.7. The second-order valence-electron chi connectivity index (χ2n) is 9.81. The van der Waals surface area contributed by atoms with E-state index in [0.29, 0.717) is 17.5 Å². The Balaban J connectivity index is 1.51. The Hall–Kier alpha value is -3.21. The summed E-state index contributed by atoms with van der Waals surface area (Å²) in [6.45, 7) is 2.17. The van der Waals surface area contributed by atoms with Gasteiger partial charge in [0.15, 0.2) is 11.6 Å². The molecule has 1 saturated carbocycles. The van der Waals surface area contributed by atoms with E-state index in [-0.39, 0.29) is 22.3 Å². The molecule has 0 heterocycles. The molecule has 3 aromatic carbocycles. The monoisotopic (exact) mass is 536 g/mol. The molecule has 0 saturated heterocycles. The summed E-state index contributed by atoms with van der Waals surface area (Å²) in [5.41, 5.74) is 0.365. The van der Waals surface area contributed by atoms with Crippen molar-refractivity contribution in [2.75, 3.05) is 0 Å². The van der Waals surface area contributed by atoms with Crippen molar-refractivity contribution in [3.63, 3.8) is 0 Å². The lowest BCUT2D eigenvalue weighted by Crippen LogP contribution is -2.19. The summed E-state index contributed by atoms with van der Waals surface area (Å²) in [7, 11) is 0. The summed E-state index contributed by atoms with van der Waals surface area (Å²) >= 11 is 0. The van der Waals surface area contributed by atoms with E-state index in [4.69, 9.17) is 0 Å². The van der Waals surface area contributed by atoms with Gasteiger partial charge in [0.05, 0.1) is 5.56 Å². The molecule has 0 aromatic heterocycles. The van der Waals surface area contributed by atoms with Crippen molar-refractivity contribution in [1.82, 2.24) is 0 Å². The molecule has 38 heavy (non-hydrogen) atoms. The van der Waals surface area contributed by atoms with Crippen molar-refractivity contribution in [1.29, 1.82) is 0 Å². The average molecular weight is 537 g/mol. The molecule has 0 bridgehead atoms. The molecule has 1 nitrogen and oxygen atoms in total. The predicted molar refractivity (Wildman–Crippen MR) is 132 cm³/mol. The third-order valence-corrected chi connectivity index (χ3v) is 7.13. The van der Waals surface area contributed by atoms with Crippen LogP contribution in [0.15, 0.2) is 36.4 Å². The van der Waals surface area contributed by atoms with Crippen LogP contribution in [-0.4, -0.2) is 6.36 Å². The Labute approximate surface area is 217 Å². The van der Waals surface area contributed by atoms with Crippen molar-refractivity contribution in [3.05, 3.63) is 76.4 Å². The van der Waals surface area contributed by atoms with Gasteiger partial charge in [0.1, 0.15) is 11.6 Å². The Morgan fingerprint density at radius 1 is 0.842 bits per heavy atom. The van der Waals surface area contributed by atoms with E-state index in [1.807, 2.05) is 0 Å². The van der Waals surface area contributed by atoms with Crippen LogP contribution in [0.4, 0.5) is 30.7 Å². The van der Waals surface area contributed by atoms with E-state index in [1.165, 1.54) is 49.9 Å². The molecule has 0 aliphatic heterocycles. The summed E-state index contributed by atoms with van der Waals surface area (Å²) in [4.78, 5) is 0. The van der Waals surface area contributed by atoms with Gasteiger partial charge >= 0.3 is 6.36 Å². The maximum Gasteiger partial charge on any atom is 0.573 e. The highest BCUT2D eigenvalue weighted by Crippen LogP contribution is 2.39. The van der Waals surface area contributed by atoms with E-state index >= 15 is 0 Å². The molecular formula is C30H27F7O. The fraction of sp³-hybridized carbons (Fsp3) is 0.400. The van der Waals surface area contributed by atoms with Gasteiger partial charge in [0.2, 0.25) is 5.75 Å². The third kappa shape index (κ3) is 6.61. The summed E-state index contributed by atoms with van der Waals surface area (Å²) < 4.78 is 99.0. The largest absolute Gasteiger partial charge is 0.573 e. The van der Waals surface area contributed by atoms with Crippen LogP contribution in [-0.2, 0) is 0 Å². The number of hydrogen-bond donors (Lipinski definition) is 0. The average Bonchev–Trinajstić information content (AvgIpc) is 2.86. The highest BCUT2D eigenvalue weighted by Gasteiger charge is 2.34. The molecule has 1 aliphatic rings. The van der Waals surface area contributed by atoms with Crippen LogP contribution in [0.25, 0.3) is 10.8 Å². The summed E-state index contributed by atoms with van der Waals surface area (Å²) in [6.07, 6.45) is 3.44. The highest BCUT2D eigenvalue weighted by molar-refractivity contribution is 5.86. The number of hydrogen-bond acceptors (Lipinski definition) is 1. The molecule has 4 rings (SSSR count). The van der Waals surface area contributed by atoms with Gasteiger partial charge in [0.25, 0.3) is 0 Å². The molecule has 0 radical (unpaired) electrons. The Morgan fingerprint density at radius 3 is 2.16 bits per heavy atom. The lowest BCUT2D eigenvalue weighted by molar-refractivity contribution is -0.276. The molecule has 0 spiro atoms. The van der Waals surface area contributed by atoms with Gasteiger partial charge in [0, 0.05) is 10.9 Å². The van der Waals surface area contributed by atoms with Crippen LogP contribution >= 0.6 is 0 Å². The number of unbranched alkanes of at least 4 members (excludes halogenated alkanes) is 2. The van der Waals surface area contributed by atoms with E-state index in [9.17, 15) is 30.7 Å². The van der Waals surface area contributed by atoms with Crippen LogP contribution < -0.4 is 4.74 Å². The maximum absolute atomic E-state index is 14.8. The number of ether oxygens (including phenoxy) is 1. The van der Waals surface area contributed by atoms with Gasteiger partial charge in [-0.05, 0) is 78.8 Å². The lowest BCUT2D eigenvalue weighted by atomic mass is 9.77. The number of fused-ring (bicyclic) bond motifs is 1. The van der Waals surface area contributed by atoms with E-state index in [0.717, 1.165) is 31.7 Å². The molecule has 0 atom stereocenters. The van der Waals surface area contributed by atoms with Gasteiger partial charge in [-0.2, -0.15) is 0 Å². The molecule has 0 N–H and O–H groups in total. The van der Waals surface area contributed by atoms with Crippen LogP contribution in [0.2, 0.25) is 0 Å². The predicted octanol–water partition coefficient (Wildman–Crippen LogP) is 9.55. The maximum atomic E-state index is 14.8. The molecule has 202 valence electrons. The van der Waals surface area contributed by atoms with Crippen molar-refractivity contribution in [2.24, 2.45) is 5.92 Å². The minimum absolute atomic E-state index is 0.0806. The van der Waals surface area contributed by atoms with Crippen LogP contribution in [0, 0.1) is 41.0 Å². The lowest BCUT2D eigenvalue weighted by Gasteiger charge is -2.29. The SMILES string of the molecule is CCCCCC1CCC(c2cc(F)c(C#Cc3ccc4c(F)c(OC(F)(F)F)c(F)cc4c3)c(F)c2)CC1. The van der Waals surface area contributed by atoms with Crippen molar-refractivity contribution in [3.8, 4) is 17.6 Å². The molecule has 1 fully saturated rings. The minimum atomic E-state index is -5.27. The van der Waals surface area contributed by atoms with Gasteiger partial charge in [-0.1, -0.05) is 50.5 Å². The number of rotatable bonds is 6. The smallest absolute Gasteiger partial charge is 0.399 e. The standard InChI is InChI=1S/C30H27F7O/c1-2-3-4-5-18-6-10-20(11-7-18)21-15-25(31)24(26(32)16-21)13-9-19-8-12-23-22(14-19)17-27(33)29(28(23)34)38-30(35,36)37/h8,12,14-18,20H,2-7,10-11H2,1H3. The van der Waals surface area contributed by atoms with Crippen LogP contribution in [0.5, 0.6) is 5.75 Å². The Morgan fingerprint density at radius 2 is 1.53 bits per heavy atom. The quantitative estimate of drug-likeness (QED) is 0.173. The van der Waals surface area contributed by atoms with Gasteiger partial charge in [-0.3, -0.25) is 0 Å². The Bertz CT molecular complexity index is 1340. The molecular weight excluding hydrogens is 509 g/mol. The van der Waals surface area contributed by atoms with Gasteiger partial charge in [-0.25, -0.2) is 17.6 Å². The number of alkyl halides is 3. The topological polar surface area (TPSA) is 9.23 Å². The van der Waals surface area contributed by atoms with Crippen LogP contribution in [0.1, 0.15) is 80.9 Å². The molecule has 0 amide bonds. The molecule has 1 aliphatic carbocycles. The highest BCUT2D eigenvalue weighted by atomic mass is 19.4. The van der Waals surface area contributed by atoms with Crippen molar-refractivity contribution < 1.29 is 35.5 Å². The number of halogens is 7. The molecule has 8 heteroatoms. The Kier molecular flexibility index (Phi) is 8.54. The van der Waals surface area contributed by atoms with Gasteiger partial charge < -0.3 is 4.74 Å². The van der Waals surface area contributed by atoms with E-state index in [2.05, 4.69) is 23.5 Å². The van der Waals surface area contributed by atoms with Crippen molar-refractivity contribution >= 4 is 10.8 Å². The van der Waals surface area contributed by atoms with Gasteiger partial charge in [-0.15, -0.1) is 13.2 Å². The second kappa shape index (κ2) is 11.7. The normalized spacial score (nSPS) is 17.8. The van der Waals surface area contributed by atoms with Crippen LogP contribution in [0.3, 0.4) is 0 Å². The zero-order valence-corrected chi connectivity index (χ0v) is 20.8. The first-order valence-corrected chi connectivity index (χ1v) is 12.7. The minimum Gasteiger partial charge on any atom is -0.399 e. The zero-order valence-electron chi connectivity index (χ0n) is 20.8. The van der Waals surface area contributed by atoms with Crippen molar-refractivity contribution in [2.45, 2.75) is 70.6 Å². The number of benzene rings is 3. The first kappa shape index (κ1) is 27.8. The zero-order chi connectivity index (χ0) is 27.4. The van der Waals surface area contributed by atoms with E-state index in [1.54, 1.807) is 0 Å². The first-order chi connectivity index (χ1) is 18.1. The fourth-order valence-corrected chi connectivity index (χ4v) is 5.15.